The van der Waals surface area contributed by atoms with Crippen molar-refractivity contribution in [1.29, 1.82) is 0 Å². The number of nitrogens with zero attached hydrogens (tertiary/aromatic N) is 3. The molecule has 0 aromatic carbocycles. The third-order valence-electron chi connectivity index (χ3n) is 3.78. The van der Waals surface area contributed by atoms with Crippen LogP contribution in [0, 0.1) is 6.92 Å². The monoisotopic (exact) mass is 333 g/mol. The second-order valence-corrected chi connectivity index (χ2v) is 7.05. The Bertz CT molecular complexity index is 693. The topological polar surface area (TPSA) is 79.3 Å². The molecule has 1 fully saturated rings. The summed E-state index contributed by atoms with van der Waals surface area (Å²) in [5.41, 5.74) is 2.35. The number of allylic oxidation sites excluding steroid dienone is 1. The summed E-state index contributed by atoms with van der Waals surface area (Å²) in [5.74, 6) is 1.10. The molecule has 1 heterocycles. The summed E-state index contributed by atoms with van der Waals surface area (Å²) >= 11 is 1.17. The highest BCUT2D eigenvalue weighted by atomic mass is 32.1. The molecule has 0 aliphatic heterocycles. The molecule has 1 amide bonds. The van der Waals surface area contributed by atoms with Crippen molar-refractivity contribution < 1.29 is 4.79 Å². The largest absolute Gasteiger partial charge is 0.365 e. The van der Waals surface area contributed by atoms with E-state index in [1.54, 1.807) is 6.92 Å². The van der Waals surface area contributed by atoms with Crippen molar-refractivity contribution in [2.45, 2.75) is 53.0 Å². The molecule has 0 bridgehead atoms. The first-order valence-electron chi connectivity index (χ1n) is 7.51. The number of anilines is 1. The average Bonchev–Trinajstić information content (AvgIpc) is 3.05. The lowest BCUT2D eigenvalue weighted by atomic mass is 10.0. The van der Waals surface area contributed by atoms with Crippen molar-refractivity contribution in [3.05, 3.63) is 28.4 Å². The van der Waals surface area contributed by atoms with Gasteiger partial charge in [-0.15, -0.1) is 0 Å². The summed E-state index contributed by atoms with van der Waals surface area (Å²) < 4.78 is 4.07. The van der Waals surface area contributed by atoms with E-state index in [2.05, 4.69) is 38.6 Å². The third kappa shape index (κ3) is 4.25. The maximum atomic E-state index is 12.7. The van der Waals surface area contributed by atoms with E-state index in [4.69, 9.17) is 0 Å². The predicted molar refractivity (Wildman–Crippen MR) is 94.7 cm³/mol. The van der Waals surface area contributed by atoms with Crippen LogP contribution < -0.4 is 10.6 Å². The average molecular weight is 333 g/mol. The van der Waals surface area contributed by atoms with Gasteiger partial charge in [0.1, 0.15) is 11.6 Å². The first kappa shape index (κ1) is 17.3. The molecule has 1 saturated carbocycles. The molecule has 1 aliphatic rings. The van der Waals surface area contributed by atoms with Crippen LogP contribution in [0.3, 0.4) is 0 Å². The van der Waals surface area contributed by atoms with Crippen molar-refractivity contribution in [2.75, 3.05) is 5.32 Å². The molecule has 0 radical (unpaired) electrons. The number of aryl methyl sites for hydroxylation is 1. The van der Waals surface area contributed by atoms with Crippen LogP contribution in [0.25, 0.3) is 0 Å². The Balaban J connectivity index is 2.27. The molecule has 0 saturated heterocycles. The second-order valence-electron chi connectivity index (χ2n) is 6.29. The van der Waals surface area contributed by atoms with E-state index in [9.17, 15) is 4.79 Å². The van der Waals surface area contributed by atoms with Gasteiger partial charge < -0.3 is 5.32 Å². The van der Waals surface area contributed by atoms with Gasteiger partial charge in [0.15, 0.2) is 0 Å². The van der Waals surface area contributed by atoms with Crippen molar-refractivity contribution in [2.24, 2.45) is 4.99 Å². The van der Waals surface area contributed by atoms with Crippen molar-refractivity contribution in [3.63, 3.8) is 0 Å². The van der Waals surface area contributed by atoms with Crippen LogP contribution in [0.4, 0.5) is 5.13 Å². The number of amides is 1. The van der Waals surface area contributed by atoms with Crippen LogP contribution in [-0.2, 0) is 4.79 Å². The van der Waals surface area contributed by atoms with Crippen molar-refractivity contribution >= 4 is 29.3 Å². The number of hydrogen-bond donors (Lipinski definition) is 2. The first-order chi connectivity index (χ1) is 10.8. The molecule has 2 rings (SSSR count). The molecule has 23 heavy (non-hydrogen) atoms. The summed E-state index contributed by atoms with van der Waals surface area (Å²) in [4.78, 5) is 20.9. The number of aromatic nitrogens is 2. The molecule has 0 atom stereocenters. The lowest BCUT2D eigenvalue weighted by Crippen LogP contribution is -2.28. The van der Waals surface area contributed by atoms with Crippen LogP contribution in [0.15, 0.2) is 27.5 Å². The van der Waals surface area contributed by atoms with E-state index in [0.717, 1.165) is 24.0 Å². The van der Waals surface area contributed by atoms with Gasteiger partial charge in [0.25, 0.3) is 5.91 Å². The van der Waals surface area contributed by atoms with Gasteiger partial charge >= 0.3 is 0 Å². The summed E-state index contributed by atoms with van der Waals surface area (Å²) in [6.45, 7) is 13.3. The van der Waals surface area contributed by atoms with E-state index < -0.39 is 0 Å². The van der Waals surface area contributed by atoms with Crippen LogP contribution in [0.5, 0.6) is 0 Å². The Hall–Kier alpha value is -2.02. The smallest absolute Gasteiger partial charge is 0.257 e. The molecular weight excluding hydrogens is 310 g/mol. The fraction of sp³-hybridized carbons (Fsp3) is 0.500. The highest BCUT2D eigenvalue weighted by Gasteiger charge is 2.38. The van der Waals surface area contributed by atoms with Gasteiger partial charge in [-0.2, -0.15) is 4.37 Å². The highest BCUT2D eigenvalue weighted by molar-refractivity contribution is 7.09. The van der Waals surface area contributed by atoms with Gasteiger partial charge in [-0.3, -0.25) is 10.1 Å². The van der Waals surface area contributed by atoms with Gasteiger partial charge in [-0.1, -0.05) is 5.57 Å². The third-order valence-corrected chi connectivity index (χ3v) is 4.51. The van der Waals surface area contributed by atoms with Crippen LogP contribution in [-0.4, -0.2) is 27.5 Å². The van der Waals surface area contributed by atoms with E-state index in [-0.39, 0.29) is 11.4 Å². The first-order valence-corrected chi connectivity index (χ1v) is 8.28. The van der Waals surface area contributed by atoms with E-state index >= 15 is 0 Å². The van der Waals surface area contributed by atoms with E-state index in [1.165, 1.54) is 11.5 Å². The number of aliphatic imine (C=N–C) groups is 1. The standard InChI is InChI=1S/C16H23N5OS/c1-9(2)12(14(22)19-15-18-11(4)21-23-15)10(3)13(17-6)20-16(5)7-8-16/h20H,6-8H2,1-5H3,(H,18,19,21,22)/b13-10-. The van der Waals surface area contributed by atoms with Gasteiger partial charge in [-0.05, 0) is 54.2 Å². The number of hydrogen-bond acceptors (Lipinski definition) is 6. The molecule has 1 aromatic heterocycles. The maximum Gasteiger partial charge on any atom is 0.257 e. The second kappa shape index (κ2) is 6.62. The summed E-state index contributed by atoms with van der Waals surface area (Å²) in [6.07, 6.45) is 2.19. The van der Waals surface area contributed by atoms with Crippen LogP contribution in [0.2, 0.25) is 0 Å². The van der Waals surface area contributed by atoms with Crippen LogP contribution in [0.1, 0.15) is 46.4 Å². The number of carbonyl (C=O) groups is 1. The summed E-state index contributed by atoms with van der Waals surface area (Å²) in [6, 6.07) is 0. The Morgan fingerprint density at radius 1 is 1.35 bits per heavy atom. The summed E-state index contributed by atoms with van der Waals surface area (Å²) in [7, 11) is 0. The number of rotatable bonds is 6. The molecule has 124 valence electrons. The van der Waals surface area contributed by atoms with Crippen molar-refractivity contribution in [1.82, 2.24) is 14.7 Å². The fourth-order valence-corrected chi connectivity index (χ4v) is 2.82. The fourth-order valence-electron chi connectivity index (χ4n) is 2.25. The zero-order chi connectivity index (χ0) is 17.2. The van der Waals surface area contributed by atoms with Gasteiger partial charge in [0.05, 0.1) is 0 Å². The van der Waals surface area contributed by atoms with Gasteiger partial charge in [-0.25, -0.2) is 9.98 Å². The minimum atomic E-state index is -0.206. The quantitative estimate of drug-likeness (QED) is 0.476. The number of nitrogens with one attached hydrogen (secondary N) is 2. The minimum Gasteiger partial charge on any atom is -0.365 e. The Kier molecular flexibility index (Phi) is 4.99. The number of carbonyl (C=O) groups excluding carboxylic acids is 1. The molecule has 7 heteroatoms. The molecule has 1 aromatic rings. The summed E-state index contributed by atoms with van der Waals surface area (Å²) in [5, 5.41) is 6.69. The van der Waals surface area contributed by atoms with Crippen molar-refractivity contribution in [3.8, 4) is 0 Å². The SMILES string of the molecule is C=N/C(NC1(C)CC1)=C(\C)C(C(=O)Nc1nc(C)ns1)=C(C)C. The molecule has 6 nitrogen and oxygen atoms in total. The minimum absolute atomic E-state index is 0.0668. The molecule has 1 aliphatic carbocycles. The Morgan fingerprint density at radius 3 is 2.43 bits per heavy atom. The zero-order valence-corrected chi connectivity index (χ0v) is 15.1. The maximum absolute atomic E-state index is 12.7. The Morgan fingerprint density at radius 2 is 2.00 bits per heavy atom. The molecule has 0 unspecified atom stereocenters. The van der Waals surface area contributed by atoms with Gasteiger partial charge in [0.2, 0.25) is 5.13 Å². The molecule has 0 spiro atoms. The molecular formula is C16H23N5OS. The van der Waals surface area contributed by atoms with Crippen LogP contribution >= 0.6 is 11.5 Å². The lowest BCUT2D eigenvalue weighted by molar-refractivity contribution is -0.112. The predicted octanol–water partition coefficient (Wildman–Crippen LogP) is 3.20. The van der Waals surface area contributed by atoms with Gasteiger partial charge in [0, 0.05) is 28.2 Å². The lowest BCUT2D eigenvalue weighted by Gasteiger charge is -2.18. The Labute approximate surface area is 141 Å². The molecule has 2 N–H and O–H groups in total. The highest BCUT2D eigenvalue weighted by Crippen LogP contribution is 2.36. The zero-order valence-electron chi connectivity index (χ0n) is 14.3. The van der Waals surface area contributed by atoms with E-state index in [1.807, 2.05) is 20.8 Å². The van der Waals surface area contributed by atoms with E-state index in [0.29, 0.717) is 22.4 Å². The normalized spacial score (nSPS) is 16.2.